The Hall–Kier alpha value is -2.08. The van der Waals surface area contributed by atoms with E-state index in [1.54, 1.807) is 6.20 Å². The maximum atomic E-state index is 11.5. The van der Waals surface area contributed by atoms with E-state index in [-0.39, 0.29) is 6.03 Å². The number of nitrogens with zero attached hydrogens (tertiary/aromatic N) is 1. The van der Waals surface area contributed by atoms with Crippen LogP contribution in [0.1, 0.15) is 5.56 Å². The molecule has 0 aliphatic heterocycles. The van der Waals surface area contributed by atoms with Crippen molar-refractivity contribution in [2.75, 3.05) is 20.1 Å². The molecule has 2 aromatic heterocycles. The second kappa shape index (κ2) is 6.02. The van der Waals surface area contributed by atoms with Gasteiger partial charge in [0.25, 0.3) is 0 Å². The lowest BCUT2D eigenvalue weighted by atomic mass is 10.2. The predicted molar refractivity (Wildman–Crippen MR) is 70.3 cm³/mol. The average molecular weight is 247 g/mol. The number of aromatic amines is 1. The Labute approximate surface area is 105 Å². The zero-order valence-corrected chi connectivity index (χ0v) is 10.3. The monoisotopic (exact) mass is 247 g/mol. The molecule has 0 radical (unpaired) electrons. The van der Waals surface area contributed by atoms with E-state index in [0.717, 1.165) is 23.1 Å². The fourth-order valence-corrected chi connectivity index (χ4v) is 1.71. The van der Waals surface area contributed by atoms with Crippen LogP contribution in [0.5, 0.6) is 0 Å². The highest BCUT2D eigenvalue weighted by Gasteiger charge is 2.04. The third-order valence-corrected chi connectivity index (χ3v) is 2.65. The normalized spacial score (nSPS) is 10.5. The van der Waals surface area contributed by atoms with E-state index in [1.807, 2.05) is 25.4 Å². The summed E-state index contributed by atoms with van der Waals surface area (Å²) in [6, 6.07) is 3.70. The molecule has 0 aliphatic carbocycles. The second-order valence-electron chi connectivity index (χ2n) is 3.92. The van der Waals surface area contributed by atoms with E-state index in [1.165, 1.54) is 0 Å². The van der Waals surface area contributed by atoms with Crippen LogP contribution < -0.4 is 16.0 Å². The number of amides is 2. The van der Waals surface area contributed by atoms with Gasteiger partial charge in [-0.2, -0.15) is 0 Å². The molecule has 0 aliphatic rings. The quantitative estimate of drug-likeness (QED) is 0.583. The minimum absolute atomic E-state index is 0.161. The topological polar surface area (TPSA) is 81.8 Å². The van der Waals surface area contributed by atoms with Crippen LogP contribution in [0.4, 0.5) is 4.79 Å². The van der Waals surface area contributed by atoms with Gasteiger partial charge in [-0.15, -0.1) is 0 Å². The van der Waals surface area contributed by atoms with Crippen LogP contribution in [0.15, 0.2) is 24.5 Å². The van der Waals surface area contributed by atoms with Crippen LogP contribution in [0.3, 0.4) is 0 Å². The zero-order chi connectivity index (χ0) is 12.8. The summed E-state index contributed by atoms with van der Waals surface area (Å²) >= 11 is 0. The van der Waals surface area contributed by atoms with Gasteiger partial charge < -0.3 is 20.9 Å². The van der Waals surface area contributed by atoms with Crippen molar-refractivity contribution < 1.29 is 4.79 Å². The van der Waals surface area contributed by atoms with Crippen molar-refractivity contribution >= 4 is 17.1 Å². The third-order valence-electron chi connectivity index (χ3n) is 2.65. The highest BCUT2D eigenvalue weighted by Crippen LogP contribution is 2.14. The molecule has 2 aromatic rings. The van der Waals surface area contributed by atoms with Crippen LogP contribution in [0.2, 0.25) is 0 Å². The molecule has 2 rings (SSSR count). The van der Waals surface area contributed by atoms with Crippen LogP contribution >= 0.6 is 0 Å². The first kappa shape index (κ1) is 12.4. The van der Waals surface area contributed by atoms with E-state index in [0.29, 0.717) is 13.1 Å². The van der Waals surface area contributed by atoms with Gasteiger partial charge in [0.1, 0.15) is 5.65 Å². The Morgan fingerprint density at radius 3 is 3.06 bits per heavy atom. The lowest BCUT2D eigenvalue weighted by Crippen LogP contribution is -2.38. The first-order valence-electron chi connectivity index (χ1n) is 5.88. The number of fused-ring (bicyclic) bond motifs is 1. The van der Waals surface area contributed by atoms with Crippen LogP contribution in [-0.2, 0) is 6.54 Å². The molecule has 0 spiro atoms. The molecule has 2 heterocycles. The van der Waals surface area contributed by atoms with E-state index in [2.05, 4.69) is 25.9 Å². The molecule has 6 heteroatoms. The molecule has 6 nitrogen and oxygen atoms in total. The summed E-state index contributed by atoms with van der Waals surface area (Å²) in [4.78, 5) is 18.7. The molecule has 0 saturated heterocycles. The van der Waals surface area contributed by atoms with Crippen molar-refractivity contribution in [1.82, 2.24) is 25.9 Å². The highest BCUT2D eigenvalue weighted by atomic mass is 16.2. The van der Waals surface area contributed by atoms with E-state index in [9.17, 15) is 4.79 Å². The zero-order valence-electron chi connectivity index (χ0n) is 10.3. The SMILES string of the molecule is CNCCNC(=O)NCc1ccnc2[nH]ccc12. The number of aromatic nitrogens is 2. The van der Waals surface area contributed by atoms with Crippen molar-refractivity contribution in [1.29, 1.82) is 0 Å². The third kappa shape index (κ3) is 2.98. The minimum atomic E-state index is -0.161. The number of likely N-dealkylation sites (N-methyl/N-ethyl adjacent to an activating group) is 1. The van der Waals surface area contributed by atoms with Crippen LogP contribution in [-0.4, -0.2) is 36.1 Å². The van der Waals surface area contributed by atoms with Gasteiger partial charge in [-0.1, -0.05) is 0 Å². The largest absolute Gasteiger partial charge is 0.346 e. The maximum Gasteiger partial charge on any atom is 0.315 e. The molecule has 0 bridgehead atoms. The van der Waals surface area contributed by atoms with E-state index < -0.39 is 0 Å². The van der Waals surface area contributed by atoms with Gasteiger partial charge in [0.15, 0.2) is 0 Å². The number of rotatable bonds is 5. The highest BCUT2D eigenvalue weighted by molar-refractivity contribution is 5.80. The molecule has 2 amide bonds. The predicted octanol–water partition coefficient (Wildman–Crippen LogP) is 0.582. The lowest BCUT2D eigenvalue weighted by Gasteiger charge is -2.08. The first-order chi connectivity index (χ1) is 8.81. The van der Waals surface area contributed by atoms with Gasteiger partial charge >= 0.3 is 6.03 Å². The Balaban J connectivity index is 1.90. The Bertz CT molecular complexity index is 522. The number of urea groups is 1. The van der Waals surface area contributed by atoms with Crippen molar-refractivity contribution in [3.63, 3.8) is 0 Å². The Morgan fingerprint density at radius 2 is 2.22 bits per heavy atom. The van der Waals surface area contributed by atoms with Gasteiger partial charge in [-0.05, 0) is 24.7 Å². The van der Waals surface area contributed by atoms with E-state index in [4.69, 9.17) is 0 Å². The van der Waals surface area contributed by atoms with Gasteiger partial charge in [0, 0.05) is 37.4 Å². The Kier molecular flexibility index (Phi) is 4.14. The summed E-state index contributed by atoms with van der Waals surface area (Å²) in [5.74, 6) is 0. The van der Waals surface area contributed by atoms with Crippen molar-refractivity contribution in [3.8, 4) is 0 Å². The van der Waals surface area contributed by atoms with Gasteiger partial charge in [-0.3, -0.25) is 0 Å². The van der Waals surface area contributed by atoms with Gasteiger partial charge in [-0.25, -0.2) is 9.78 Å². The molecule has 96 valence electrons. The van der Waals surface area contributed by atoms with Crippen LogP contribution in [0, 0.1) is 0 Å². The fourth-order valence-electron chi connectivity index (χ4n) is 1.71. The van der Waals surface area contributed by atoms with Gasteiger partial charge in [0.2, 0.25) is 0 Å². The Morgan fingerprint density at radius 1 is 1.33 bits per heavy atom. The molecule has 4 N–H and O–H groups in total. The number of pyridine rings is 1. The molecule has 0 atom stereocenters. The molecule has 0 unspecified atom stereocenters. The summed E-state index contributed by atoms with van der Waals surface area (Å²) in [6.07, 6.45) is 3.57. The summed E-state index contributed by atoms with van der Waals surface area (Å²) in [5, 5.41) is 9.58. The van der Waals surface area contributed by atoms with Crippen LogP contribution in [0.25, 0.3) is 11.0 Å². The van der Waals surface area contributed by atoms with Crippen molar-refractivity contribution in [2.24, 2.45) is 0 Å². The molecule has 0 fully saturated rings. The first-order valence-corrected chi connectivity index (χ1v) is 5.88. The molecule has 18 heavy (non-hydrogen) atoms. The summed E-state index contributed by atoms with van der Waals surface area (Å²) in [7, 11) is 1.85. The molecule has 0 aromatic carbocycles. The fraction of sp³-hybridized carbons (Fsp3) is 0.333. The maximum absolute atomic E-state index is 11.5. The van der Waals surface area contributed by atoms with Crippen molar-refractivity contribution in [2.45, 2.75) is 6.54 Å². The summed E-state index contributed by atoms with van der Waals surface area (Å²) in [5.41, 5.74) is 1.88. The number of hydrogen-bond donors (Lipinski definition) is 4. The number of H-pyrrole nitrogens is 1. The summed E-state index contributed by atoms with van der Waals surface area (Å²) < 4.78 is 0. The van der Waals surface area contributed by atoms with E-state index >= 15 is 0 Å². The molecule has 0 saturated carbocycles. The minimum Gasteiger partial charge on any atom is -0.346 e. The average Bonchev–Trinajstić information content (AvgIpc) is 2.85. The molecular weight excluding hydrogens is 230 g/mol. The number of carbonyl (C=O) groups is 1. The number of hydrogen-bond acceptors (Lipinski definition) is 3. The standard InChI is InChI=1S/C12H17N5O/c1-13-6-7-16-12(18)17-8-9-2-4-14-11-10(9)3-5-15-11/h2-5,13H,6-8H2,1H3,(H,14,15)(H2,16,17,18). The number of carbonyl (C=O) groups excluding carboxylic acids is 1. The van der Waals surface area contributed by atoms with Gasteiger partial charge in [0.05, 0.1) is 0 Å². The second-order valence-corrected chi connectivity index (χ2v) is 3.92. The number of nitrogens with one attached hydrogen (secondary N) is 4. The smallest absolute Gasteiger partial charge is 0.315 e. The van der Waals surface area contributed by atoms with Crippen molar-refractivity contribution in [3.05, 3.63) is 30.1 Å². The summed E-state index contributed by atoms with van der Waals surface area (Å²) in [6.45, 7) is 1.85. The molecular formula is C12H17N5O. The lowest BCUT2D eigenvalue weighted by molar-refractivity contribution is 0.240.